The molecule has 3 unspecified atom stereocenters. The second kappa shape index (κ2) is 10.6. The predicted molar refractivity (Wildman–Crippen MR) is 133 cm³/mol. The fraction of sp³-hybridized carbons (Fsp3) is 0.545. The number of likely N-dealkylation sites (tertiary alicyclic amines) is 1. The summed E-state index contributed by atoms with van der Waals surface area (Å²) >= 11 is 18.2. The van der Waals surface area contributed by atoms with Crippen LogP contribution in [0.25, 0.3) is 0 Å². The van der Waals surface area contributed by atoms with Gasteiger partial charge < -0.3 is 15.2 Å². The van der Waals surface area contributed by atoms with Crippen LogP contribution in [0.15, 0.2) is 29.4 Å². The number of rotatable bonds is 7. The molecule has 1 aromatic heterocycles. The van der Waals surface area contributed by atoms with Gasteiger partial charge in [-0.3, -0.25) is 4.79 Å². The molecule has 0 spiro atoms. The van der Waals surface area contributed by atoms with Crippen LogP contribution in [0.3, 0.4) is 0 Å². The highest BCUT2D eigenvalue weighted by atomic mass is 35.5. The van der Waals surface area contributed by atoms with Gasteiger partial charge in [0.1, 0.15) is 10.9 Å². The monoisotopic (exact) mass is 547 g/mol. The molecule has 1 saturated carbocycles. The van der Waals surface area contributed by atoms with E-state index < -0.39 is 16.1 Å². The highest BCUT2D eigenvalue weighted by Gasteiger charge is 2.37. The number of hydrogen-bond acceptors (Lipinski definition) is 5. The molecule has 1 aromatic carbocycles. The highest BCUT2D eigenvalue weighted by molar-refractivity contribution is 7.89. The van der Waals surface area contributed by atoms with Gasteiger partial charge in [-0.05, 0) is 54.8 Å². The van der Waals surface area contributed by atoms with E-state index in [9.17, 15) is 13.2 Å². The number of nitrogens with one attached hydrogen (secondary N) is 1. The van der Waals surface area contributed by atoms with Crippen molar-refractivity contribution in [3.8, 4) is 0 Å². The van der Waals surface area contributed by atoms with Gasteiger partial charge in [0.25, 0.3) is 0 Å². The maximum Gasteiger partial charge on any atom is 0.244 e. The van der Waals surface area contributed by atoms with Crippen molar-refractivity contribution in [1.82, 2.24) is 19.2 Å². The Bertz CT molecular complexity index is 1130. The molecule has 1 saturated heterocycles. The average molecular weight is 549 g/mol. The summed E-state index contributed by atoms with van der Waals surface area (Å²) in [6.45, 7) is 1.58. The molecule has 1 aliphatic carbocycles. The van der Waals surface area contributed by atoms with Crippen LogP contribution >= 0.6 is 34.8 Å². The standard InChI is InChI=1S/C22H28Cl3N5O3S/c23-16-11-17(24)20(18(26)12-16)34(32,33)28-19(6-9-29-10-7-27-22(29)25)21(31)30-8-5-14-3-1-2-4-15(14)13-30/h7,10-12,14-15,19,28H,1-6,8-9,13,26H2. The Morgan fingerprint density at radius 3 is 2.59 bits per heavy atom. The van der Waals surface area contributed by atoms with Gasteiger partial charge in [0, 0.05) is 37.1 Å². The van der Waals surface area contributed by atoms with Gasteiger partial charge in [-0.25, -0.2) is 13.4 Å². The first-order chi connectivity index (χ1) is 16.2. The van der Waals surface area contributed by atoms with E-state index in [0.29, 0.717) is 31.5 Å². The van der Waals surface area contributed by atoms with E-state index in [-0.39, 0.29) is 38.2 Å². The van der Waals surface area contributed by atoms with Crippen molar-refractivity contribution in [1.29, 1.82) is 0 Å². The Hall–Kier alpha value is -1.52. The van der Waals surface area contributed by atoms with Crippen molar-refractivity contribution in [2.45, 2.75) is 56.0 Å². The van der Waals surface area contributed by atoms with Gasteiger partial charge in [-0.2, -0.15) is 4.72 Å². The van der Waals surface area contributed by atoms with E-state index in [1.807, 2.05) is 0 Å². The highest BCUT2D eigenvalue weighted by Crippen LogP contribution is 2.36. The number of fused-ring (bicyclic) bond motifs is 1. The molecule has 1 aliphatic heterocycles. The lowest BCUT2D eigenvalue weighted by atomic mass is 9.75. The Kier molecular flexibility index (Phi) is 7.99. The number of sulfonamides is 1. The topological polar surface area (TPSA) is 110 Å². The number of carbonyl (C=O) groups excluding carboxylic acids is 1. The lowest BCUT2D eigenvalue weighted by molar-refractivity contribution is -0.136. The number of anilines is 1. The average Bonchev–Trinajstić information content (AvgIpc) is 3.19. The van der Waals surface area contributed by atoms with Crippen LogP contribution in [0.1, 0.15) is 38.5 Å². The summed E-state index contributed by atoms with van der Waals surface area (Å²) in [7, 11) is -4.22. The quantitative estimate of drug-likeness (QED) is 0.504. The zero-order chi connectivity index (χ0) is 24.5. The van der Waals surface area contributed by atoms with Crippen molar-refractivity contribution in [2.24, 2.45) is 11.8 Å². The number of aryl methyl sites for hydroxylation is 1. The number of carbonyl (C=O) groups is 1. The lowest BCUT2D eigenvalue weighted by Crippen LogP contribution is -2.53. The molecular formula is C22H28Cl3N5O3S. The number of hydrogen-bond donors (Lipinski definition) is 2. The first-order valence-corrected chi connectivity index (χ1v) is 14.0. The first kappa shape index (κ1) is 25.6. The number of benzene rings is 1. The first-order valence-electron chi connectivity index (χ1n) is 11.4. The van der Waals surface area contributed by atoms with Crippen LogP contribution < -0.4 is 10.5 Å². The molecule has 2 aromatic rings. The molecule has 4 rings (SSSR count). The molecule has 0 bridgehead atoms. The molecule has 12 heteroatoms. The molecule has 3 N–H and O–H groups in total. The summed E-state index contributed by atoms with van der Waals surface area (Å²) in [5.74, 6) is 0.853. The zero-order valence-electron chi connectivity index (χ0n) is 18.6. The molecule has 34 heavy (non-hydrogen) atoms. The van der Waals surface area contributed by atoms with Gasteiger partial charge in [-0.1, -0.05) is 42.5 Å². The summed E-state index contributed by atoms with van der Waals surface area (Å²) in [6.07, 6.45) is 9.08. The molecular weight excluding hydrogens is 521 g/mol. The van der Waals surface area contributed by atoms with Gasteiger partial charge in [0.05, 0.1) is 10.7 Å². The van der Waals surface area contributed by atoms with Crippen LogP contribution in [0.5, 0.6) is 0 Å². The molecule has 2 heterocycles. The molecule has 2 fully saturated rings. The number of nitrogens with two attached hydrogens (primary N) is 1. The molecule has 186 valence electrons. The third kappa shape index (κ3) is 5.65. The van der Waals surface area contributed by atoms with Gasteiger partial charge >= 0.3 is 0 Å². The number of piperidine rings is 1. The van der Waals surface area contributed by atoms with Gasteiger partial charge in [0.2, 0.25) is 21.2 Å². The number of halogens is 3. The number of nitrogens with zero attached hydrogens (tertiary/aromatic N) is 3. The Morgan fingerprint density at radius 1 is 1.18 bits per heavy atom. The summed E-state index contributed by atoms with van der Waals surface area (Å²) < 4.78 is 30.8. The summed E-state index contributed by atoms with van der Waals surface area (Å²) in [5, 5.41) is 0.380. The molecule has 0 radical (unpaired) electrons. The predicted octanol–water partition coefficient (Wildman–Crippen LogP) is 4.20. The normalized spacial score (nSPS) is 21.8. The van der Waals surface area contributed by atoms with Crippen LogP contribution in [0.2, 0.25) is 15.3 Å². The van der Waals surface area contributed by atoms with Crippen molar-refractivity contribution in [3.05, 3.63) is 39.9 Å². The van der Waals surface area contributed by atoms with E-state index in [1.165, 1.54) is 31.4 Å². The molecule has 8 nitrogen and oxygen atoms in total. The lowest BCUT2D eigenvalue weighted by Gasteiger charge is -2.42. The Balaban J connectivity index is 1.57. The zero-order valence-corrected chi connectivity index (χ0v) is 21.7. The van der Waals surface area contributed by atoms with Crippen LogP contribution in [0, 0.1) is 11.8 Å². The SMILES string of the molecule is Nc1cc(Cl)cc(Cl)c1S(=O)(=O)NC(CCn1ccnc1Cl)C(=O)N1CCC2CCCCC2C1. The van der Waals surface area contributed by atoms with E-state index in [1.54, 1.807) is 21.9 Å². The Labute approximate surface area is 214 Å². The van der Waals surface area contributed by atoms with Crippen molar-refractivity contribution in [3.63, 3.8) is 0 Å². The van der Waals surface area contributed by atoms with Gasteiger partial charge in [-0.15, -0.1) is 0 Å². The minimum atomic E-state index is -4.22. The minimum absolute atomic E-state index is 0.0862. The maximum atomic E-state index is 13.6. The minimum Gasteiger partial charge on any atom is -0.398 e. The van der Waals surface area contributed by atoms with Crippen LogP contribution in [-0.4, -0.2) is 47.9 Å². The largest absolute Gasteiger partial charge is 0.398 e. The summed E-state index contributed by atoms with van der Waals surface area (Å²) in [6, 6.07) is 1.61. The number of amides is 1. The third-order valence-corrected chi connectivity index (χ3v) is 9.36. The van der Waals surface area contributed by atoms with E-state index in [4.69, 9.17) is 40.5 Å². The third-order valence-electron chi connectivity index (χ3n) is 6.83. The van der Waals surface area contributed by atoms with Gasteiger partial charge in [0.15, 0.2) is 0 Å². The van der Waals surface area contributed by atoms with Crippen molar-refractivity contribution >= 4 is 56.4 Å². The van der Waals surface area contributed by atoms with Crippen LogP contribution in [0.4, 0.5) is 5.69 Å². The maximum absolute atomic E-state index is 13.6. The molecule has 3 atom stereocenters. The van der Waals surface area contributed by atoms with Crippen molar-refractivity contribution < 1.29 is 13.2 Å². The number of aromatic nitrogens is 2. The summed E-state index contributed by atoms with van der Waals surface area (Å²) in [5.41, 5.74) is 5.85. The van der Waals surface area contributed by atoms with Crippen molar-refractivity contribution in [2.75, 3.05) is 18.8 Å². The second-order valence-electron chi connectivity index (χ2n) is 9.04. The smallest absolute Gasteiger partial charge is 0.244 e. The molecule has 2 aliphatic rings. The van der Waals surface area contributed by atoms with E-state index in [2.05, 4.69) is 9.71 Å². The van der Waals surface area contributed by atoms with E-state index >= 15 is 0 Å². The fourth-order valence-electron chi connectivity index (χ4n) is 5.11. The number of nitrogen functional groups attached to an aromatic ring is 1. The van der Waals surface area contributed by atoms with E-state index in [0.717, 1.165) is 12.8 Å². The Morgan fingerprint density at radius 2 is 1.91 bits per heavy atom. The molecule has 1 amide bonds. The summed E-state index contributed by atoms with van der Waals surface area (Å²) in [4.78, 5) is 19.1. The van der Waals surface area contributed by atoms with Crippen LogP contribution in [-0.2, 0) is 21.4 Å². The number of imidazole rings is 1. The second-order valence-corrected chi connectivity index (χ2v) is 11.9. The fourth-order valence-corrected chi connectivity index (χ4v) is 7.52.